The number of hydrogen-bond acceptors (Lipinski definition) is 23. The zero-order valence-corrected chi connectivity index (χ0v) is 74.6. The Hall–Kier alpha value is -13.1. The van der Waals surface area contributed by atoms with Crippen molar-refractivity contribution in [1.29, 1.82) is 0 Å². The second kappa shape index (κ2) is 56.3. The predicted octanol–water partition coefficient (Wildman–Crippen LogP) is -4.54. The largest absolute Gasteiger partial charge is 0.508 e. The number of H-pyrrole nitrogens is 2. The Balaban J connectivity index is 1.29. The van der Waals surface area contributed by atoms with Crippen LogP contribution in [0.2, 0.25) is 0 Å². The number of unbranched alkanes of at least 4 members (excludes halogenated alkanes) is 3. The number of carboxylic acids is 1. The topological polar surface area (TPSA) is 750 Å². The van der Waals surface area contributed by atoms with E-state index < -0.39 is 187 Å². The maximum Gasteiger partial charge on any atom is 0.326 e. The van der Waals surface area contributed by atoms with Crippen molar-refractivity contribution >= 4 is 122 Å². The number of aliphatic hydroxyl groups is 1. The van der Waals surface area contributed by atoms with E-state index >= 15 is 0 Å². The van der Waals surface area contributed by atoms with Crippen LogP contribution in [0.1, 0.15) is 155 Å². The van der Waals surface area contributed by atoms with Crippen LogP contribution in [0.25, 0.3) is 21.8 Å². The number of fused-ring (bicyclic) bond motifs is 2. The highest BCUT2D eigenvalue weighted by molar-refractivity contribution is 6.00. The fourth-order valence-electron chi connectivity index (χ4n) is 13.9. The Morgan fingerprint density at radius 2 is 0.708 bits per heavy atom. The van der Waals surface area contributed by atoms with Gasteiger partial charge >= 0.3 is 5.97 Å². The van der Waals surface area contributed by atoms with Crippen molar-refractivity contribution in [2.24, 2.45) is 67.7 Å². The third-order valence-corrected chi connectivity index (χ3v) is 21.0. The highest BCUT2D eigenvalue weighted by Gasteiger charge is 2.37. The number of aromatic amines is 2. The number of aromatic nitrogens is 2. The molecule has 13 atom stereocenters. The van der Waals surface area contributed by atoms with Gasteiger partial charge in [-0.05, 0) is 189 Å². The predicted molar refractivity (Wildman–Crippen MR) is 486 cm³/mol. The second-order valence-electron chi connectivity index (χ2n) is 32.8. The summed E-state index contributed by atoms with van der Waals surface area (Å²) in [5.41, 5.74) is 49.4. The highest BCUT2D eigenvalue weighted by Crippen LogP contribution is 2.23. The van der Waals surface area contributed by atoms with Crippen LogP contribution in [0.4, 0.5) is 0 Å². The molecule has 0 saturated heterocycles. The molecule has 0 fully saturated rings. The Morgan fingerprint density at radius 1 is 0.369 bits per heavy atom. The normalized spacial score (nSPS) is 14.2. The number of phenolic OH excluding ortho intramolecular Hbond substituents is 1. The number of carbonyl (C=O) groups excluding carboxylic acids is 14. The number of phenols is 1. The Morgan fingerprint density at radius 3 is 1.15 bits per heavy atom. The van der Waals surface area contributed by atoms with Gasteiger partial charge in [-0.25, -0.2) is 4.79 Å². The van der Waals surface area contributed by atoms with Crippen LogP contribution in [-0.2, 0) is 91.2 Å². The van der Waals surface area contributed by atoms with E-state index in [1.165, 1.54) is 38.1 Å². The summed E-state index contributed by atoms with van der Waals surface area (Å²) < 4.78 is 0. The molecule has 130 heavy (non-hydrogen) atoms. The van der Waals surface area contributed by atoms with Crippen molar-refractivity contribution in [2.75, 3.05) is 52.4 Å². The van der Waals surface area contributed by atoms with Crippen LogP contribution in [0, 0.1) is 11.8 Å². The molecule has 0 bridgehead atoms. The molecule has 44 heteroatoms. The number of aliphatic hydroxyl groups excluding tert-OH is 1. The summed E-state index contributed by atoms with van der Waals surface area (Å²) >= 11 is 0. The molecule has 44 nitrogen and oxygen atoms in total. The molecule has 13 unspecified atom stereocenters. The van der Waals surface area contributed by atoms with E-state index in [4.69, 9.17) is 45.9 Å². The first-order valence-corrected chi connectivity index (χ1v) is 43.7. The fourth-order valence-corrected chi connectivity index (χ4v) is 13.9. The summed E-state index contributed by atoms with van der Waals surface area (Å²) in [5.74, 6) is -14.7. The number of para-hydroxylation sites is 2. The highest BCUT2D eigenvalue weighted by atomic mass is 16.4. The number of aromatic hydroxyl groups is 1. The van der Waals surface area contributed by atoms with Crippen molar-refractivity contribution in [3.63, 3.8) is 0 Å². The maximum absolute atomic E-state index is 14.9. The summed E-state index contributed by atoms with van der Waals surface area (Å²) in [4.78, 5) is 224. The molecule has 0 spiro atoms. The first-order valence-electron chi connectivity index (χ1n) is 43.7. The maximum atomic E-state index is 14.9. The fraction of sp³-hybridized carbons (Fsp3) is 0.547. The number of carboxylic acid groups (broad SMARTS) is 1. The minimum Gasteiger partial charge on any atom is -0.508 e. The molecule has 3 aromatic carbocycles. The standard InChI is InChI=1S/C86H134N26O18/c1-47(2)37-65(75(120)99-45-71(116)104-66(38-48(3)4)81(126)102-49(5)72(117)108-64(84(129)130)27-18-36-96-86(93)94)110-79(124)62(25-13-16-34-89)107-83(128)69(46-113)112-73(118)50(6)101-77(122)63(26-17-35-95-85(91)92)106-82(127)67(39-51-28-30-54(114)31-29-51)111-80(125)61(24-12-15-33-88)105-78(123)60(23-11-14-32-87)103-70(115)44-100-76(121)68(41-53-43-98-59-22-10-8-20-56(53)59)109-74(119)57(90)40-52-42-97-58-21-9-7-19-55(52)58/h7-10,19-22,28-31,42-43,47-50,57,60-69,97-98,113-114H,11-18,23-27,32-41,44-46,87-90H2,1-6H3,(H,99,120)(H,100,121)(H,101,122)(H,102,126)(H,103,115)(H,104,116)(H,105,123)(H,106,127)(H,107,128)(H,108,117)(H,109,119)(H,110,124)(H,111,125)(H,112,118)(H,129,130)(H4,91,92,95)(H4,93,94,96). The van der Waals surface area contributed by atoms with E-state index in [9.17, 15) is 87.2 Å². The van der Waals surface area contributed by atoms with Crippen LogP contribution >= 0.6 is 0 Å². The minimum atomic E-state index is -1.79. The van der Waals surface area contributed by atoms with E-state index in [1.807, 2.05) is 48.5 Å². The molecule has 0 aliphatic heterocycles. The number of hydrogen-bond donors (Lipinski definition) is 27. The zero-order chi connectivity index (χ0) is 96.1. The number of rotatable bonds is 60. The van der Waals surface area contributed by atoms with E-state index in [0.717, 1.165) is 27.4 Å². The molecular formula is C86H134N26O18. The van der Waals surface area contributed by atoms with E-state index in [2.05, 4.69) is 94.4 Å². The number of amides is 14. The van der Waals surface area contributed by atoms with Gasteiger partial charge in [-0.2, -0.15) is 0 Å². The van der Waals surface area contributed by atoms with Crippen LogP contribution in [0.3, 0.4) is 0 Å². The number of aliphatic carboxylic acids is 1. The molecule has 35 N–H and O–H groups in total. The van der Waals surface area contributed by atoms with Crippen LogP contribution < -0.4 is 120 Å². The van der Waals surface area contributed by atoms with Gasteiger partial charge < -0.3 is 146 Å². The lowest BCUT2D eigenvalue weighted by Crippen LogP contribution is -2.60. The Bertz CT molecular complexity index is 4630. The molecule has 716 valence electrons. The molecule has 14 amide bonds. The lowest BCUT2D eigenvalue weighted by Gasteiger charge is -2.27. The number of nitrogens with one attached hydrogen (secondary N) is 16. The van der Waals surface area contributed by atoms with Gasteiger partial charge in [0.1, 0.15) is 78.3 Å². The smallest absolute Gasteiger partial charge is 0.326 e. The third kappa shape index (κ3) is 38.1. The summed E-state index contributed by atoms with van der Waals surface area (Å²) in [6, 6.07) is 2.21. The number of guanidine groups is 2. The molecule has 2 aromatic heterocycles. The lowest BCUT2D eigenvalue weighted by molar-refractivity contribution is -0.142. The first-order chi connectivity index (χ1) is 61.8. The molecular weight excluding hydrogens is 1690 g/mol. The van der Waals surface area contributed by atoms with Crippen LogP contribution in [0.5, 0.6) is 5.75 Å². The van der Waals surface area contributed by atoms with Gasteiger partial charge in [0, 0.05) is 60.1 Å². The van der Waals surface area contributed by atoms with Gasteiger partial charge in [0.05, 0.1) is 25.7 Å². The molecule has 0 radical (unpaired) electrons. The molecule has 5 rings (SSSR count). The molecule has 0 aliphatic carbocycles. The van der Waals surface area contributed by atoms with Crippen molar-refractivity contribution in [2.45, 2.75) is 236 Å². The van der Waals surface area contributed by atoms with Crippen LogP contribution in [-0.4, -0.2) is 257 Å². The second-order valence-corrected chi connectivity index (χ2v) is 32.8. The SMILES string of the molecule is CC(C)CC(NC(=O)CNC(=O)C(CC(C)C)NC(=O)C(CCCCN)NC(=O)C(CO)NC(=O)C(C)NC(=O)C(CCCN=C(N)N)NC(=O)C(Cc1ccc(O)cc1)NC(=O)C(CCCCN)NC(=O)C(CCCCN)NC(=O)CNC(=O)C(Cc1c[nH]c2ccccc12)NC(=O)C(N)Cc1c[nH]c2ccccc12)C(=O)NC(C)C(=O)NC(CCCN=C(N)N)C(=O)O. The van der Waals surface area contributed by atoms with E-state index in [1.54, 1.807) is 40.1 Å². The molecule has 5 aromatic rings. The molecule has 0 saturated carbocycles. The Kier molecular flexibility index (Phi) is 46.5. The van der Waals surface area contributed by atoms with Gasteiger partial charge in [0.25, 0.3) is 0 Å². The lowest BCUT2D eigenvalue weighted by atomic mass is 10.0. The van der Waals surface area contributed by atoms with Gasteiger partial charge in [-0.3, -0.25) is 77.1 Å². The van der Waals surface area contributed by atoms with Crippen molar-refractivity contribution < 1.29 is 87.2 Å². The minimum absolute atomic E-state index is 0.000733. The number of aliphatic imine (C=N–C) groups is 2. The zero-order valence-electron chi connectivity index (χ0n) is 74.6. The average molecular weight is 1820 g/mol. The average Bonchev–Trinajstić information content (AvgIpc) is 1.66. The molecule has 2 heterocycles. The van der Waals surface area contributed by atoms with Crippen molar-refractivity contribution in [3.05, 3.63) is 102 Å². The van der Waals surface area contributed by atoms with Gasteiger partial charge in [-0.15, -0.1) is 0 Å². The summed E-state index contributed by atoms with van der Waals surface area (Å²) in [6.45, 7) is 7.70. The van der Waals surface area contributed by atoms with Crippen molar-refractivity contribution in [1.82, 2.24) is 84.4 Å². The summed E-state index contributed by atoms with van der Waals surface area (Å²) in [7, 11) is 0. The summed E-state index contributed by atoms with van der Waals surface area (Å²) in [6.07, 6.45) is 5.11. The van der Waals surface area contributed by atoms with Gasteiger partial charge in [-0.1, -0.05) is 76.2 Å². The van der Waals surface area contributed by atoms with Crippen LogP contribution in [0.15, 0.2) is 95.2 Å². The van der Waals surface area contributed by atoms with Gasteiger partial charge in [0.15, 0.2) is 11.9 Å². The van der Waals surface area contributed by atoms with E-state index in [0.29, 0.717) is 36.8 Å². The first kappa shape index (κ1) is 107. The Labute approximate surface area is 754 Å². The monoisotopic (exact) mass is 1820 g/mol. The number of carbonyl (C=O) groups is 15. The summed E-state index contributed by atoms with van der Waals surface area (Å²) in [5, 5.41) is 68.2. The molecule has 0 aliphatic rings. The quantitative estimate of drug-likeness (QED) is 0.00990. The van der Waals surface area contributed by atoms with Crippen molar-refractivity contribution in [3.8, 4) is 5.75 Å². The third-order valence-electron chi connectivity index (χ3n) is 21.0. The van der Waals surface area contributed by atoms with Gasteiger partial charge in [0.2, 0.25) is 82.7 Å². The van der Waals surface area contributed by atoms with E-state index in [-0.39, 0.29) is 152 Å². The number of benzene rings is 3. The number of nitrogens with zero attached hydrogens (tertiary/aromatic N) is 2. The number of nitrogens with two attached hydrogens (primary N) is 8.